The first kappa shape index (κ1) is 20.4. The van der Waals surface area contributed by atoms with Crippen molar-refractivity contribution in [2.45, 2.75) is 24.0 Å². The van der Waals surface area contributed by atoms with Crippen LogP contribution in [-0.4, -0.2) is 18.0 Å². The van der Waals surface area contributed by atoms with E-state index in [1.807, 2.05) is 0 Å². The summed E-state index contributed by atoms with van der Waals surface area (Å²) >= 11 is 5.84. The van der Waals surface area contributed by atoms with E-state index in [1.54, 1.807) is 54.5 Å². The topological polar surface area (TPSA) is 64.0 Å². The molecule has 1 heterocycles. The third kappa shape index (κ3) is 4.37. The van der Waals surface area contributed by atoms with Gasteiger partial charge in [-0.3, -0.25) is 0 Å². The molecule has 3 aromatic rings. The maximum Gasteiger partial charge on any atom is 0.416 e. The Hall–Kier alpha value is -2.36. The maximum atomic E-state index is 12.9. The lowest BCUT2D eigenvalue weighted by Gasteiger charge is -2.17. The standard InChI is InChI=1S/C18H15ClF3N3O2S/c1-12(13-2-5-15(6-3-13)25-9-8-23-11-25)24-28(26,27)17-10-14(18(20,21)22)4-7-16(17)19/h2-12,24H,1H3/t12-/m1/s1. The molecule has 1 atom stereocenters. The SMILES string of the molecule is C[C@@H](NS(=O)(=O)c1cc(C(F)(F)F)ccc1Cl)c1ccc(-n2ccnc2)cc1. The number of sulfonamides is 1. The minimum atomic E-state index is -4.68. The number of aromatic nitrogens is 2. The van der Waals surface area contributed by atoms with Crippen molar-refractivity contribution >= 4 is 21.6 Å². The molecule has 0 spiro atoms. The summed E-state index contributed by atoms with van der Waals surface area (Å²) in [6.45, 7) is 1.59. The van der Waals surface area contributed by atoms with Gasteiger partial charge in [0.2, 0.25) is 10.0 Å². The van der Waals surface area contributed by atoms with Crippen molar-refractivity contribution in [3.8, 4) is 5.69 Å². The van der Waals surface area contributed by atoms with E-state index in [-0.39, 0.29) is 5.02 Å². The molecule has 0 radical (unpaired) electrons. The number of nitrogens with zero attached hydrogens (tertiary/aromatic N) is 2. The van der Waals surface area contributed by atoms with Crippen LogP contribution in [0.1, 0.15) is 24.1 Å². The second-order valence-electron chi connectivity index (χ2n) is 6.05. The zero-order valence-corrected chi connectivity index (χ0v) is 16.1. The summed E-state index contributed by atoms with van der Waals surface area (Å²) in [6.07, 6.45) is 0.334. The lowest BCUT2D eigenvalue weighted by atomic mass is 10.1. The molecular formula is C18H15ClF3N3O2S. The number of hydrogen-bond acceptors (Lipinski definition) is 3. The van der Waals surface area contributed by atoms with Crippen molar-refractivity contribution < 1.29 is 21.6 Å². The van der Waals surface area contributed by atoms with Gasteiger partial charge in [0.1, 0.15) is 4.90 Å². The number of alkyl halides is 3. The van der Waals surface area contributed by atoms with Gasteiger partial charge in [-0.25, -0.2) is 18.1 Å². The Morgan fingerprint density at radius 3 is 2.39 bits per heavy atom. The summed E-state index contributed by atoms with van der Waals surface area (Å²) < 4.78 is 68.0. The second kappa shape index (κ2) is 7.57. The van der Waals surface area contributed by atoms with Crippen LogP contribution < -0.4 is 4.72 Å². The molecule has 148 valence electrons. The van der Waals surface area contributed by atoms with E-state index < -0.39 is 32.7 Å². The summed E-state index contributed by atoms with van der Waals surface area (Å²) in [6, 6.07) is 8.49. The van der Waals surface area contributed by atoms with Gasteiger partial charge in [0, 0.05) is 24.1 Å². The monoisotopic (exact) mass is 429 g/mol. The molecule has 0 aliphatic heterocycles. The van der Waals surface area contributed by atoms with Gasteiger partial charge in [0.15, 0.2) is 0 Å². The minimum absolute atomic E-state index is 0.289. The highest BCUT2D eigenvalue weighted by Gasteiger charge is 2.33. The zero-order chi connectivity index (χ0) is 20.5. The third-order valence-electron chi connectivity index (χ3n) is 4.08. The highest BCUT2D eigenvalue weighted by Crippen LogP contribution is 2.33. The number of nitrogens with one attached hydrogen (secondary N) is 1. The molecule has 10 heteroatoms. The van der Waals surface area contributed by atoms with E-state index >= 15 is 0 Å². The van der Waals surface area contributed by atoms with E-state index in [9.17, 15) is 21.6 Å². The van der Waals surface area contributed by atoms with Crippen LogP contribution in [0.3, 0.4) is 0 Å². The zero-order valence-electron chi connectivity index (χ0n) is 14.5. The van der Waals surface area contributed by atoms with Crippen molar-refractivity contribution in [3.05, 3.63) is 77.3 Å². The fourth-order valence-corrected chi connectivity index (χ4v) is 4.35. The van der Waals surface area contributed by atoms with Gasteiger partial charge < -0.3 is 4.57 Å². The van der Waals surface area contributed by atoms with Crippen LogP contribution in [0.5, 0.6) is 0 Å². The summed E-state index contributed by atoms with van der Waals surface area (Å²) in [5.41, 5.74) is 0.377. The third-order valence-corrected chi connectivity index (χ3v) is 6.10. The molecule has 1 N–H and O–H groups in total. The van der Waals surface area contributed by atoms with Gasteiger partial charge in [0.05, 0.1) is 16.9 Å². The average molecular weight is 430 g/mol. The Labute approximate surface area is 164 Å². The van der Waals surface area contributed by atoms with Gasteiger partial charge >= 0.3 is 6.18 Å². The Morgan fingerprint density at radius 2 is 1.82 bits per heavy atom. The number of benzene rings is 2. The molecule has 0 saturated carbocycles. The largest absolute Gasteiger partial charge is 0.416 e. The quantitative estimate of drug-likeness (QED) is 0.645. The molecule has 1 aromatic heterocycles. The van der Waals surface area contributed by atoms with Crippen molar-refractivity contribution in [1.82, 2.24) is 14.3 Å². The van der Waals surface area contributed by atoms with Gasteiger partial charge in [-0.15, -0.1) is 0 Å². The molecule has 3 rings (SSSR count). The first-order valence-electron chi connectivity index (χ1n) is 8.05. The summed E-state index contributed by atoms with van der Waals surface area (Å²) in [7, 11) is -4.27. The van der Waals surface area contributed by atoms with Crippen LogP contribution in [0.2, 0.25) is 5.02 Å². The summed E-state index contributed by atoms with van der Waals surface area (Å²) in [5.74, 6) is 0. The number of rotatable bonds is 5. The molecule has 0 amide bonds. The minimum Gasteiger partial charge on any atom is -0.306 e. The van der Waals surface area contributed by atoms with Crippen LogP contribution >= 0.6 is 11.6 Å². The Morgan fingerprint density at radius 1 is 1.14 bits per heavy atom. The molecule has 28 heavy (non-hydrogen) atoms. The molecule has 2 aromatic carbocycles. The normalized spacial score (nSPS) is 13.5. The predicted octanol–water partition coefficient (Wildman–Crippen LogP) is 4.58. The van der Waals surface area contributed by atoms with E-state index in [4.69, 9.17) is 11.6 Å². The lowest BCUT2D eigenvalue weighted by molar-refractivity contribution is -0.137. The molecule has 5 nitrogen and oxygen atoms in total. The van der Waals surface area contributed by atoms with Crippen LogP contribution in [0, 0.1) is 0 Å². The van der Waals surface area contributed by atoms with Gasteiger partial charge in [-0.2, -0.15) is 13.2 Å². The predicted molar refractivity (Wildman–Crippen MR) is 98.8 cm³/mol. The fraction of sp³-hybridized carbons (Fsp3) is 0.167. The first-order chi connectivity index (χ1) is 13.1. The van der Waals surface area contributed by atoms with Crippen molar-refractivity contribution in [2.24, 2.45) is 0 Å². The molecule has 0 unspecified atom stereocenters. The van der Waals surface area contributed by atoms with E-state index in [2.05, 4.69) is 9.71 Å². The van der Waals surface area contributed by atoms with Crippen LogP contribution in [0.4, 0.5) is 13.2 Å². The average Bonchev–Trinajstić information content (AvgIpc) is 3.15. The molecule has 0 aliphatic rings. The number of hydrogen-bond donors (Lipinski definition) is 1. The van der Waals surface area contributed by atoms with Gasteiger partial charge in [0.25, 0.3) is 0 Å². The molecule has 0 fully saturated rings. The van der Waals surface area contributed by atoms with Crippen molar-refractivity contribution in [3.63, 3.8) is 0 Å². The van der Waals surface area contributed by atoms with Gasteiger partial charge in [-0.05, 0) is 42.8 Å². The highest BCUT2D eigenvalue weighted by atomic mass is 35.5. The van der Waals surface area contributed by atoms with Crippen LogP contribution in [0.15, 0.2) is 66.1 Å². The number of imidazole rings is 1. The molecular weight excluding hydrogens is 415 g/mol. The van der Waals surface area contributed by atoms with E-state index in [1.165, 1.54) is 0 Å². The first-order valence-corrected chi connectivity index (χ1v) is 9.91. The number of halogens is 4. The Balaban J connectivity index is 1.84. The molecule has 0 saturated heterocycles. The van der Waals surface area contributed by atoms with Crippen molar-refractivity contribution in [2.75, 3.05) is 0 Å². The van der Waals surface area contributed by atoms with Crippen LogP contribution in [0.25, 0.3) is 5.69 Å². The van der Waals surface area contributed by atoms with Crippen molar-refractivity contribution in [1.29, 1.82) is 0 Å². The van der Waals surface area contributed by atoms with Gasteiger partial charge in [-0.1, -0.05) is 23.7 Å². The highest BCUT2D eigenvalue weighted by molar-refractivity contribution is 7.89. The van der Waals surface area contributed by atoms with E-state index in [0.717, 1.165) is 17.8 Å². The molecule has 0 aliphatic carbocycles. The fourth-order valence-electron chi connectivity index (χ4n) is 2.60. The Kier molecular flexibility index (Phi) is 5.51. The second-order valence-corrected chi connectivity index (χ2v) is 8.14. The maximum absolute atomic E-state index is 12.9. The smallest absolute Gasteiger partial charge is 0.306 e. The molecule has 0 bridgehead atoms. The lowest BCUT2D eigenvalue weighted by Crippen LogP contribution is -2.27. The summed E-state index contributed by atoms with van der Waals surface area (Å²) in [5, 5.41) is -0.289. The van der Waals surface area contributed by atoms with Crippen LogP contribution in [-0.2, 0) is 16.2 Å². The summed E-state index contributed by atoms with van der Waals surface area (Å²) in [4.78, 5) is 3.33. The Bertz CT molecular complexity index is 1070. The van der Waals surface area contributed by atoms with E-state index in [0.29, 0.717) is 11.6 Å².